The van der Waals surface area contributed by atoms with E-state index in [0.717, 1.165) is 30.8 Å². The zero-order valence-electron chi connectivity index (χ0n) is 11.3. The molecule has 1 aromatic rings. The molecule has 8 heteroatoms. The van der Waals surface area contributed by atoms with Gasteiger partial charge in [-0.3, -0.25) is 0 Å². The van der Waals surface area contributed by atoms with Crippen molar-refractivity contribution in [2.45, 2.75) is 26.7 Å². The first kappa shape index (κ1) is 15.6. The van der Waals surface area contributed by atoms with E-state index >= 15 is 0 Å². The number of hydrogen-bond donors (Lipinski definition) is 3. The van der Waals surface area contributed by atoms with Gasteiger partial charge in [0.15, 0.2) is 0 Å². The topological polar surface area (TPSA) is 110 Å². The Hall–Kier alpha value is -1.41. The largest absolute Gasteiger partial charge is 0.370 e. The van der Waals surface area contributed by atoms with Crippen molar-refractivity contribution in [2.24, 2.45) is 5.14 Å². The first-order valence-corrected chi connectivity index (χ1v) is 8.01. The van der Waals surface area contributed by atoms with Gasteiger partial charge in [-0.15, -0.1) is 0 Å². The van der Waals surface area contributed by atoms with Crippen molar-refractivity contribution in [3.8, 4) is 0 Å². The van der Waals surface area contributed by atoms with E-state index in [1.165, 1.54) is 6.33 Å². The molecule has 1 rings (SSSR count). The van der Waals surface area contributed by atoms with Crippen LogP contribution >= 0.6 is 0 Å². The molecule has 0 fully saturated rings. The number of hydrogen-bond acceptors (Lipinski definition) is 6. The maximum absolute atomic E-state index is 10.9. The normalized spacial score (nSPS) is 11.3. The average molecular weight is 287 g/mol. The van der Waals surface area contributed by atoms with Gasteiger partial charge in [0.1, 0.15) is 18.0 Å². The third kappa shape index (κ3) is 5.39. The van der Waals surface area contributed by atoms with Crippen LogP contribution in [0.4, 0.5) is 11.6 Å². The smallest absolute Gasteiger partial charge is 0.210 e. The summed E-state index contributed by atoms with van der Waals surface area (Å²) >= 11 is 0. The average Bonchev–Trinajstić information content (AvgIpc) is 2.32. The minimum Gasteiger partial charge on any atom is -0.370 e. The molecular formula is C11H21N5O2S. The number of rotatable bonds is 8. The van der Waals surface area contributed by atoms with E-state index in [1.807, 2.05) is 6.92 Å². The summed E-state index contributed by atoms with van der Waals surface area (Å²) in [4.78, 5) is 8.36. The van der Waals surface area contributed by atoms with E-state index < -0.39 is 10.0 Å². The summed E-state index contributed by atoms with van der Waals surface area (Å²) in [5.41, 5.74) is 0.973. The van der Waals surface area contributed by atoms with Gasteiger partial charge in [-0.25, -0.2) is 23.5 Å². The zero-order chi connectivity index (χ0) is 14.3. The summed E-state index contributed by atoms with van der Waals surface area (Å²) in [6.07, 6.45) is 3.23. The molecule has 0 aliphatic heterocycles. The zero-order valence-corrected chi connectivity index (χ0v) is 12.1. The fraction of sp³-hybridized carbons (Fsp3) is 0.636. The monoisotopic (exact) mass is 287 g/mol. The van der Waals surface area contributed by atoms with Gasteiger partial charge in [0, 0.05) is 18.7 Å². The number of nitrogens with zero attached hydrogens (tertiary/aromatic N) is 2. The molecule has 0 unspecified atom stereocenters. The summed E-state index contributed by atoms with van der Waals surface area (Å²) in [7, 11) is -3.46. The van der Waals surface area contributed by atoms with E-state index in [0.29, 0.717) is 5.82 Å². The van der Waals surface area contributed by atoms with Crippen molar-refractivity contribution in [3.63, 3.8) is 0 Å². The van der Waals surface area contributed by atoms with Gasteiger partial charge in [0.2, 0.25) is 10.0 Å². The molecule has 0 amide bonds. The van der Waals surface area contributed by atoms with Gasteiger partial charge in [-0.05, 0) is 13.3 Å². The molecule has 0 aromatic carbocycles. The molecule has 0 aliphatic rings. The minimum absolute atomic E-state index is 0.126. The predicted octanol–water partition coefficient (Wildman–Crippen LogP) is 0.561. The van der Waals surface area contributed by atoms with E-state index in [4.69, 9.17) is 5.14 Å². The van der Waals surface area contributed by atoms with Gasteiger partial charge in [0.25, 0.3) is 0 Å². The molecule has 19 heavy (non-hydrogen) atoms. The van der Waals surface area contributed by atoms with Crippen molar-refractivity contribution in [1.29, 1.82) is 0 Å². The summed E-state index contributed by atoms with van der Waals surface area (Å²) < 4.78 is 21.8. The first-order valence-electron chi connectivity index (χ1n) is 6.30. The van der Waals surface area contributed by atoms with Crippen molar-refractivity contribution >= 4 is 21.7 Å². The second-order valence-electron chi connectivity index (χ2n) is 4.12. The highest BCUT2D eigenvalue weighted by molar-refractivity contribution is 7.89. The number of nitrogens with one attached hydrogen (secondary N) is 2. The quantitative estimate of drug-likeness (QED) is 0.644. The summed E-state index contributed by atoms with van der Waals surface area (Å²) in [6.45, 7) is 5.06. The van der Waals surface area contributed by atoms with E-state index in [2.05, 4.69) is 27.5 Å². The van der Waals surface area contributed by atoms with Gasteiger partial charge in [-0.1, -0.05) is 13.3 Å². The Balaban J connectivity index is 2.83. The molecule has 4 N–H and O–H groups in total. The van der Waals surface area contributed by atoms with Crippen LogP contribution in [0.5, 0.6) is 0 Å². The number of aromatic nitrogens is 2. The summed E-state index contributed by atoms with van der Waals surface area (Å²) in [5.74, 6) is 1.33. The number of sulfonamides is 1. The number of anilines is 2. The molecule has 1 heterocycles. The van der Waals surface area contributed by atoms with Crippen molar-refractivity contribution < 1.29 is 8.42 Å². The molecule has 0 saturated carbocycles. The molecule has 108 valence electrons. The molecule has 0 radical (unpaired) electrons. The molecule has 1 aromatic heterocycles. The maximum Gasteiger partial charge on any atom is 0.210 e. The van der Waals surface area contributed by atoms with E-state index in [1.54, 1.807) is 0 Å². The lowest BCUT2D eigenvalue weighted by Gasteiger charge is -2.14. The minimum atomic E-state index is -3.46. The van der Waals surface area contributed by atoms with Crippen LogP contribution in [0.2, 0.25) is 0 Å². The van der Waals surface area contributed by atoms with E-state index in [-0.39, 0.29) is 12.3 Å². The van der Waals surface area contributed by atoms with Crippen LogP contribution in [-0.4, -0.2) is 37.2 Å². The summed E-state index contributed by atoms with van der Waals surface area (Å²) in [6, 6.07) is 0. The Morgan fingerprint density at radius 2 is 1.84 bits per heavy atom. The van der Waals surface area contributed by atoms with Crippen LogP contribution in [0, 0.1) is 0 Å². The second kappa shape index (κ2) is 7.25. The SMILES string of the molecule is CCCc1c(NCC)ncnc1NCCS(N)(=O)=O. The first-order chi connectivity index (χ1) is 8.98. The molecule has 0 saturated heterocycles. The highest BCUT2D eigenvalue weighted by atomic mass is 32.2. The number of primary sulfonamides is 1. The van der Waals surface area contributed by atoms with E-state index in [9.17, 15) is 8.42 Å². The number of nitrogens with two attached hydrogens (primary N) is 1. The predicted molar refractivity (Wildman–Crippen MR) is 76.7 cm³/mol. The highest BCUT2D eigenvalue weighted by Gasteiger charge is 2.10. The third-order valence-electron chi connectivity index (χ3n) is 2.47. The van der Waals surface area contributed by atoms with Gasteiger partial charge in [0.05, 0.1) is 5.75 Å². The lowest BCUT2D eigenvalue weighted by Crippen LogP contribution is -2.23. The molecular weight excluding hydrogens is 266 g/mol. The Labute approximate surface area is 114 Å². The Bertz CT molecular complexity index is 504. The van der Waals surface area contributed by atoms with Crippen LogP contribution in [0.1, 0.15) is 25.8 Å². The Morgan fingerprint density at radius 3 is 2.37 bits per heavy atom. The molecule has 0 spiro atoms. The molecule has 0 aliphatic carbocycles. The van der Waals surface area contributed by atoms with Crippen LogP contribution in [0.25, 0.3) is 0 Å². The molecule has 0 atom stereocenters. The van der Waals surface area contributed by atoms with Gasteiger partial charge >= 0.3 is 0 Å². The molecule has 7 nitrogen and oxygen atoms in total. The Morgan fingerprint density at radius 1 is 1.21 bits per heavy atom. The lowest BCUT2D eigenvalue weighted by molar-refractivity contribution is 0.598. The standard InChI is InChI=1S/C11H21N5O2S/c1-3-5-9-10(13-4-2)15-8-16-11(9)14-6-7-19(12,17)18/h8H,3-7H2,1-2H3,(H2,12,17,18)(H2,13,14,15,16). The Kier molecular flexibility index (Phi) is 5.97. The van der Waals surface area contributed by atoms with Crippen molar-refractivity contribution in [1.82, 2.24) is 9.97 Å². The second-order valence-corrected chi connectivity index (χ2v) is 5.86. The van der Waals surface area contributed by atoms with Gasteiger partial charge in [-0.2, -0.15) is 0 Å². The van der Waals surface area contributed by atoms with Crippen molar-refractivity contribution in [2.75, 3.05) is 29.5 Å². The molecule has 0 bridgehead atoms. The fourth-order valence-electron chi connectivity index (χ4n) is 1.68. The maximum atomic E-state index is 10.9. The summed E-state index contributed by atoms with van der Waals surface area (Å²) in [5, 5.41) is 11.1. The fourth-order valence-corrected chi connectivity index (χ4v) is 2.07. The van der Waals surface area contributed by atoms with Crippen LogP contribution in [-0.2, 0) is 16.4 Å². The van der Waals surface area contributed by atoms with Crippen LogP contribution < -0.4 is 15.8 Å². The van der Waals surface area contributed by atoms with Crippen LogP contribution in [0.15, 0.2) is 6.33 Å². The lowest BCUT2D eigenvalue weighted by atomic mass is 10.1. The van der Waals surface area contributed by atoms with Gasteiger partial charge < -0.3 is 10.6 Å². The third-order valence-corrected chi connectivity index (χ3v) is 3.24. The van der Waals surface area contributed by atoms with Crippen LogP contribution in [0.3, 0.4) is 0 Å². The highest BCUT2D eigenvalue weighted by Crippen LogP contribution is 2.21. The van der Waals surface area contributed by atoms with Crippen molar-refractivity contribution in [3.05, 3.63) is 11.9 Å².